The number of thioether (sulfide) groups is 1. The van der Waals surface area contributed by atoms with Gasteiger partial charge in [-0.05, 0) is 60.4 Å². The zero-order valence-corrected chi connectivity index (χ0v) is 22.4. The Morgan fingerprint density at radius 3 is 2.43 bits per heavy atom. The van der Waals surface area contributed by atoms with Gasteiger partial charge in [0.2, 0.25) is 0 Å². The van der Waals surface area contributed by atoms with Crippen molar-refractivity contribution in [2.24, 2.45) is 0 Å². The summed E-state index contributed by atoms with van der Waals surface area (Å²) in [5, 5.41) is 2.84. The third-order valence-electron chi connectivity index (χ3n) is 5.65. The maximum atomic E-state index is 13.1. The number of ether oxygens (including phenoxy) is 2. The number of carbonyl (C=O) groups excluding carboxylic acids is 2. The molecule has 0 radical (unpaired) electrons. The maximum Gasteiger partial charge on any atom is 0.270 e. The molecule has 37 heavy (non-hydrogen) atoms. The first-order chi connectivity index (χ1) is 18.0. The summed E-state index contributed by atoms with van der Waals surface area (Å²) in [6.45, 7) is 4.68. The smallest absolute Gasteiger partial charge is 0.270 e. The van der Waals surface area contributed by atoms with Crippen LogP contribution in [0.1, 0.15) is 30.5 Å². The largest absolute Gasteiger partial charge is 0.490 e. The fourth-order valence-electron chi connectivity index (χ4n) is 3.72. The van der Waals surface area contributed by atoms with Gasteiger partial charge in [-0.2, -0.15) is 0 Å². The minimum Gasteiger partial charge on any atom is -0.490 e. The predicted molar refractivity (Wildman–Crippen MR) is 153 cm³/mol. The van der Waals surface area contributed by atoms with Crippen molar-refractivity contribution in [3.63, 3.8) is 0 Å². The molecule has 1 fully saturated rings. The molecule has 6 nitrogen and oxygen atoms in total. The topological polar surface area (TPSA) is 67.9 Å². The number of hydrogen-bond acceptors (Lipinski definition) is 6. The number of hydrogen-bond donors (Lipinski definition) is 1. The molecule has 0 aliphatic carbocycles. The minimum atomic E-state index is -0.231. The SMILES string of the molecule is CCOc1cc(/C=C2\SC(=S)N(c3ccc(CC)cc3)C2=O)ccc1OCC(=O)NCc1ccccc1. The minimum absolute atomic E-state index is 0.137. The lowest BCUT2D eigenvalue weighted by Gasteiger charge is -2.15. The molecule has 8 heteroatoms. The summed E-state index contributed by atoms with van der Waals surface area (Å²) in [6, 6.07) is 22.9. The monoisotopic (exact) mass is 532 g/mol. The van der Waals surface area contributed by atoms with Crippen LogP contribution in [0.4, 0.5) is 5.69 Å². The van der Waals surface area contributed by atoms with Gasteiger partial charge in [-0.25, -0.2) is 0 Å². The summed E-state index contributed by atoms with van der Waals surface area (Å²) in [5.74, 6) is 0.564. The molecule has 190 valence electrons. The number of thiocarbonyl (C=S) groups is 1. The molecule has 0 saturated carbocycles. The van der Waals surface area contributed by atoms with E-state index in [-0.39, 0.29) is 18.4 Å². The van der Waals surface area contributed by atoms with Crippen LogP contribution in [0.25, 0.3) is 6.08 Å². The lowest BCUT2D eigenvalue weighted by molar-refractivity contribution is -0.123. The summed E-state index contributed by atoms with van der Waals surface area (Å²) >= 11 is 6.76. The molecular weight excluding hydrogens is 504 g/mol. The number of nitrogens with zero attached hydrogens (tertiary/aromatic N) is 1. The lowest BCUT2D eigenvalue weighted by atomic mass is 10.1. The summed E-state index contributed by atoms with van der Waals surface area (Å²) in [7, 11) is 0. The van der Waals surface area contributed by atoms with Crippen molar-refractivity contribution >= 4 is 51.9 Å². The third-order valence-corrected chi connectivity index (χ3v) is 6.96. The molecule has 1 saturated heterocycles. The van der Waals surface area contributed by atoms with Gasteiger partial charge in [-0.3, -0.25) is 14.5 Å². The van der Waals surface area contributed by atoms with Crippen LogP contribution in [0.3, 0.4) is 0 Å². The van der Waals surface area contributed by atoms with E-state index in [4.69, 9.17) is 21.7 Å². The van der Waals surface area contributed by atoms with E-state index in [1.807, 2.05) is 67.6 Å². The lowest BCUT2D eigenvalue weighted by Crippen LogP contribution is -2.28. The Bertz CT molecular complexity index is 1310. The average Bonchev–Trinajstić information content (AvgIpc) is 3.20. The van der Waals surface area contributed by atoms with E-state index in [2.05, 4.69) is 12.2 Å². The fourth-order valence-corrected chi connectivity index (χ4v) is 5.01. The van der Waals surface area contributed by atoms with Crippen LogP contribution in [-0.2, 0) is 22.6 Å². The molecule has 2 amide bonds. The Labute approximate surface area is 226 Å². The van der Waals surface area contributed by atoms with Gasteiger partial charge in [0.15, 0.2) is 22.4 Å². The van der Waals surface area contributed by atoms with Crippen LogP contribution in [0, 0.1) is 0 Å². The van der Waals surface area contributed by atoms with Crippen molar-refractivity contribution in [3.8, 4) is 11.5 Å². The second kappa shape index (κ2) is 12.6. The highest BCUT2D eigenvalue weighted by Crippen LogP contribution is 2.37. The zero-order chi connectivity index (χ0) is 26.2. The van der Waals surface area contributed by atoms with E-state index < -0.39 is 0 Å². The summed E-state index contributed by atoms with van der Waals surface area (Å²) in [6.07, 6.45) is 2.72. The Morgan fingerprint density at radius 2 is 1.73 bits per heavy atom. The molecule has 1 aliphatic heterocycles. The Balaban J connectivity index is 1.43. The standard InChI is InChI=1S/C29H28N2O4S2/c1-3-20-10-13-23(14-11-20)31-28(33)26(37-29(31)36)17-22-12-15-24(25(16-22)34-4-2)35-19-27(32)30-18-21-8-6-5-7-9-21/h5-17H,3-4,18-19H2,1-2H3,(H,30,32)/b26-17-. The van der Waals surface area contributed by atoms with Crippen molar-refractivity contribution in [1.29, 1.82) is 0 Å². The van der Waals surface area contributed by atoms with Gasteiger partial charge in [-0.1, -0.05) is 79.4 Å². The van der Waals surface area contributed by atoms with E-state index in [1.165, 1.54) is 17.3 Å². The second-order valence-electron chi connectivity index (χ2n) is 8.23. The summed E-state index contributed by atoms with van der Waals surface area (Å²) in [5.41, 5.74) is 3.74. The van der Waals surface area contributed by atoms with Crippen LogP contribution < -0.4 is 19.7 Å². The normalized spacial score (nSPS) is 14.2. The molecule has 3 aromatic rings. The number of aryl methyl sites for hydroxylation is 1. The van der Waals surface area contributed by atoms with Crippen molar-refractivity contribution < 1.29 is 19.1 Å². The van der Waals surface area contributed by atoms with Crippen molar-refractivity contribution in [2.45, 2.75) is 26.8 Å². The van der Waals surface area contributed by atoms with Crippen LogP contribution in [0.2, 0.25) is 0 Å². The highest BCUT2D eigenvalue weighted by molar-refractivity contribution is 8.27. The predicted octanol–water partition coefficient (Wildman–Crippen LogP) is 5.75. The number of rotatable bonds is 10. The van der Waals surface area contributed by atoms with E-state index in [9.17, 15) is 9.59 Å². The quantitative estimate of drug-likeness (QED) is 0.265. The molecule has 1 N–H and O–H groups in total. The first-order valence-electron chi connectivity index (χ1n) is 12.1. The van der Waals surface area contributed by atoms with Gasteiger partial charge < -0.3 is 14.8 Å². The molecule has 0 atom stereocenters. The number of anilines is 1. The molecule has 0 unspecified atom stereocenters. The highest BCUT2D eigenvalue weighted by Gasteiger charge is 2.33. The van der Waals surface area contributed by atoms with Crippen molar-refractivity contribution in [1.82, 2.24) is 5.32 Å². The first-order valence-corrected chi connectivity index (χ1v) is 13.3. The highest BCUT2D eigenvalue weighted by atomic mass is 32.2. The van der Waals surface area contributed by atoms with Gasteiger partial charge in [0, 0.05) is 6.54 Å². The molecular formula is C29H28N2O4S2. The third kappa shape index (κ3) is 6.78. The molecule has 0 bridgehead atoms. The molecule has 1 heterocycles. The average molecular weight is 533 g/mol. The van der Waals surface area contributed by atoms with E-state index >= 15 is 0 Å². The summed E-state index contributed by atoms with van der Waals surface area (Å²) < 4.78 is 12.0. The van der Waals surface area contributed by atoms with E-state index in [1.54, 1.807) is 23.1 Å². The van der Waals surface area contributed by atoms with Gasteiger partial charge >= 0.3 is 0 Å². The second-order valence-corrected chi connectivity index (χ2v) is 9.90. The molecule has 3 aromatic carbocycles. The Morgan fingerprint density at radius 1 is 0.973 bits per heavy atom. The molecule has 4 rings (SSSR count). The Kier molecular flexibility index (Phi) is 8.98. The molecule has 1 aliphatic rings. The number of nitrogens with one attached hydrogen (secondary N) is 1. The van der Waals surface area contributed by atoms with Gasteiger partial charge in [0.25, 0.3) is 11.8 Å². The van der Waals surface area contributed by atoms with Crippen molar-refractivity contribution in [2.75, 3.05) is 18.1 Å². The first kappa shape index (κ1) is 26.4. The van der Waals surface area contributed by atoms with E-state index in [0.717, 1.165) is 23.2 Å². The van der Waals surface area contributed by atoms with Gasteiger partial charge in [0.1, 0.15) is 0 Å². The zero-order valence-electron chi connectivity index (χ0n) is 20.7. The van der Waals surface area contributed by atoms with Crippen LogP contribution in [0.15, 0.2) is 77.7 Å². The van der Waals surface area contributed by atoms with Crippen molar-refractivity contribution in [3.05, 3.63) is 94.4 Å². The fraction of sp³-hybridized carbons (Fsp3) is 0.207. The van der Waals surface area contributed by atoms with Gasteiger partial charge in [0.05, 0.1) is 17.2 Å². The summed E-state index contributed by atoms with van der Waals surface area (Å²) in [4.78, 5) is 27.5. The number of benzene rings is 3. The van der Waals surface area contributed by atoms with Crippen LogP contribution in [0.5, 0.6) is 11.5 Å². The molecule has 0 spiro atoms. The number of carbonyl (C=O) groups is 2. The van der Waals surface area contributed by atoms with Crippen LogP contribution in [-0.4, -0.2) is 29.3 Å². The molecule has 0 aromatic heterocycles. The number of amides is 2. The van der Waals surface area contributed by atoms with Crippen LogP contribution >= 0.6 is 24.0 Å². The van der Waals surface area contributed by atoms with Gasteiger partial charge in [-0.15, -0.1) is 0 Å². The Hall–Kier alpha value is -3.62. The van der Waals surface area contributed by atoms with E-state index in [0.29, 0.717) is 33.9 Å². The maximum absolute atomic E-state index is 13.1.